The van der Waals surface area contributed by atoms with Crippen molar-refractivity contribution in [3.63, 3.8) is 0 Å². The molecule has 2 bridgehead atoms. The lowest BCUT2D eigenvalue weighted by Crippen LogP contribution is -2.28. The lowest BCUT2D eigenvalue weighted by Gasteiger charge is -2.41. The molecular weight excluding hydrogens is 865 g/mol. The Morgan fingerprint density at radius 3 is 1.01 bits per heavy atom. The smallest absolute Gasteiger partial charge is 0.135 e. The number of fused-ring (bicyclic) bond motifs is 11. The monoisotopic (exact) mass is 906 g/mol. The van der Waals surface area contributed by atoms with E-state index in [-0.39, 0.29) is 57.5 Å². The van der Waals surface area contributed by atoms with Gasteiger partial charge in [-0.25, -0.2) is 0 Å². The van der Waals surface area contributed by atoms with Crippen molar-refractivity contribution in [2.45, 2.75) is 47.7 Å². The number of hydrogen-bond acceptors (Lipinski definition) is 12. The summed E-state index contributed by atoms with van der Waals surface area (Å²) < 4.78 is 13.8. The van der Waals surface area contributed by atoms with Crippen LogP contribution in [0.4, 0.5) is 0 Å². The number of aromatic hydroxyl groups is 10. The molecule has 8 aromatic carbocycles. The van der Waals surface area contributed by atoms with Crippen LogP contribution in [0.25, 0.3) is 0 Å². The fraction of sp³-hybridized carbons (Fsp3) is 0.143. The number of ether oxygens (including phenoxy) is 2. The molecule has 0 unspecified atom stereocenters. The summed E-state index contributed by atoms with van der Waals surface area (Å²) in [5.74, 6) is -4.30. The highest BCUT2D eigenvalue weighted by Gasteiger charge is 2.59. The normalized spacial score (nSPS) is 22.6. The van der Waals surface area contributed by atoms with Crippen molar-refractivity contribution in [1.29, 1.82) is 0 Å². The summed E-state index contributed by atoms with van der Waals surface area (Å²) in [6, 6.07) is 38.6. The van der Waals surface area contributed by atoms with Gasteiger partial charge in [0.05, 0.1) is 11.8 Å². The molecule has 0 aromatic heterocycles. The van der Waals surface area contributed by atoms with Gasteiger partial charge < -0.3 is 60.5 Å². The predicted octanol–water partition coefficient (Wildman–Crippen LogP) is 10.4. The van der Waals surface area contributed by atoms with Crippen molar-refractivity contribution in [3.05, 3.63) is 212 Å². The number of phenols is 10. The molecule has 0 amide bonds. The summed E-state index contributed by atoms with van der Waals surface area (Å²) in [6.45, 7) is 0. The lowest BCUT2D eigenvalue weighted by molar-refractivity contribution is 0.221. The fourth-order valence-corrected chi connectivity index (χ4v) is 12.0. The molecule has 2 heterocycles. The maximum absolute atomic E-state index is 12.8. The molecule has 8 atom stereocenters. The average molecular weight is 907 g/mol. The van der Waals surface area contributed by atoms with Gasteiger partial charge in [-0.3, -0.25) is 0 Å². The van der Waals surface area contributed by atoms with Gasteiger partial charge in [-0.15, -0.1) is 0 Å². The van der Waals surface area contributed by atoms with Crippen LogP contribution in [0, 0.1) is 0 Å². The number of phenolic OH excluding ortho intramolecular Hbond substituents is 10. The van der Waals surface area contributed by atoms with Crippen LogP contribution in [0.1, 0.15) is 114 Å². The SMILES string of the molecule is Oc1ccc([C@H]2c3c(O)cc4c(c3[C@@H]3c5c(O)cc6c(c5[C@H]2[C@@H]3c2ccc(O)cc2)[C@H](c2cc(O)cc(O)c2)[C@@H](c2ccc(O)cc2)O6)[C@@H](c2cc(O)cc(O)c2)[C@H](c2ccc(O)cc2)O4)cc1. The Morgan fingerprint density at radius 1 is 0.250 bits per heavy atom. The summed E-state index contributed by atoms with van der Waals surface area (Å²) >= 11 is 0. The first kappa shape index (κ1) is 40.8. The molecule has 0 saturated heterocycles. The second kappa shape index (κ2) is 14.9. The number of hydrogen-bond donors (Lipinski definition) is 10. The molecule has 4 aliphatic rings. The van der Waals surface area contributed by atoms with Crippen LogP contribution in [-0.4, -0.2) is 51.1 Å². The van der Waals surface area contributed by atoms with Gasteiger partial charge in [-0.05, 0) is 117 Å². The van der Waals surface area contributed by atoms with E-state index in [0.29, 0.717) is 72.7 Å². The number of benzene rings is 8. The van der Waals surface area contributed by atoms with Gasteiger partial charge >= 0.3 is 0 Å². The highest BCUT2D eigenvalue weighted by atomic mass is 16.5. The molecule has 2 aliphatic carbocycles. The molecule has 0 spiro atoms. The highest BCUT2D eigenvalue weighted by molar-refractivity contribution is 5.76. The number of rotatable bonds is 6. The van der Waals surface area contributed by atoms with Crippen LogP contribution in [0.5, 0.6) is 69.0 Å². The Kier molecular flexibility index (Phi) is 8.97. The maximum Gasteiger partial charge on any atom is 0.135 e. The molecule has 0 radical (unpaired) electrons. The molecule has 12 nitrogen and oxygen atoms in total. The highest BCUT2D eigenvalue weighted by Crippen LogP contribution is 2.74. The van der Waals surface area contributed by atoms with Crippen LogP contribution in [-0.2, 0) is 0 Å². The van der Waals surface area contributed by atoms with Gasteiger partial charge in [-0.1, -0.05) is 48.5 Å². The molecule has 68 heavy (non-hydrogen) atoms. The van der Waals surface area contributed by atoms with E-state index in [2.05, 4.69) is 0 Å². The first-order chi connectivity index (χ1) is 32.8. The Bertz CT molecular complexity index is 3290. The standard InChI is InChI=1S/C56H42O12/c57-31-9-1-25(2-10-31)43-47-39(65)23-41-49(45(29-17-35(61)21-36(62)18-29)55(67-41)27-5-13-33(59)14-6-27)53(47)52-44(26-3-11-32(58)12-4-26)51(43)54-48(52)40(66)24-42-50(54)46(30-19-37(63)22-38(64)20-30)56(68-42)28-7-15-34(60)16-8-28/h1-24,43-46,51-52,55-66H/t43-,44-,45+,46-,51+,52-,55-,56+/m0/s1. The van der Waals surface area contributed by atoms with Crippen molar-refractivity contribution in [2.24, 2.45) is 0 Å². The molecule has 12 heteroatoms. The van der Waals surface area contributed by atoms with Gasteiger partial charge in [0.25, 0.3) is 0 Å². The van der Waals surface area contributed by atoms with E-state index in [9.17, 15) is 51.1 Å². The fourth-order valence-electron chi connectivity index (χ4n) is 12.0. The van der Waals surface area contributed by atoms with Gasteiger partial charge in [0.1, 0.15) is 81.2 Å². The van der Waals surface area contributed by atoms with E-state index in [1.54, 1.807) is 121 Å². The predicted molar refractivity (Wildman–Crippen MR) is 248 cm³/mol. The van der Waals surface area contributed by atoms with Crippen molar-refractivity contribution < 1.29 is 60.5 Å². The van der Waals surface area contributed by atoms with E-state index >= 15 is 0 Å². The third-order valence-corrected chi connectivity index (χ3v) is 14.4. The van der Waals surface area contributed by atoms with E-state index in [1.807, 2.05) is 12.1 Å². The summed E-state index contributed by atoms with van der Waals surface area (Å²) in [5, 5.41) is 112. The quantitative estimate of drug-likeness (QED) is 0.0753. The van der Waals surface area contributed by atoms with Gasteiger partial charge in [0.15, 0.2) is 0 Å². The zero-order valence-electron chi connectivity index (χ0n) is 35.8. The molecule has 8 aromatic rings. The molecule has 0 saturated carbocycles. The first-order valence-corrected chi connectivity index (χ1v) is 22.2. The van der Waals surface area contributed by atoms with E-state index in [1.165, 1.54) is 12.1 Å². The van der Waals surface area contributed by atoms with Crippen LogP contribution in [0.15, 0.2) is 146 Å². The Labute approximate surface area is 388 Å². The van der Waals surface area contributed by atoms with Crippen molar-refractivity contribution in [1.82, 2.24) is 0 Å². The minimum absolute atomic E-state index is 0.0177. The minimum atomic E-state index is -0.813. The molecule has 12 rings (SSSR count). The van der Waals surface area contributed by atoms with Gasteiger partial charge in [0, 0.05) is 70.2 Å². The van der Waals surface area contributed by atoms with Crippen molar-refractivity contribution in [2.75, 3.05) is 0 Å². The summed E-state index contributed by atoms with van der Waals surface area (Å²) in [6.07, 6.45) is -1.61. The molecule has 338 valence electrons. The summed E-state index contributed by atoms with van der Waals surface area (Å²) in [7, 11) is 0. The van der Waals surface area contributed by atoms with Crippen molar-refractivity contribution in [3.8, 4) is 69.0 Å². The summed E-state index contributed by atoms with van der Waals surface area (Å²) in [5.41, 5.74) is 7.46. The molecule has 2 aliphatic heterocycles. The zero-order valence-corrected chi connectivity index (χ0v) is 35.8. The Hall–Kier alpha value is -8.64. The molecule has 0 fully saturated rings. The summed E-state index contributed by atoms with van der Waals surface area (Å²) in [4.78, 5) is 0. The van der Waals surface area contributed by atoms with Crippen LogP contribution >= 0.6 is 0 Å². The Balaban J connectivity index is 1.21. The van der Waals surface area contributed by atoms with E-state index in [0.717, 1.165) is 5.56 Å². The second-order valence-corrected chi connectivity index (χ2v) is 18.2. The average Bonchev–Trinajstić information content (AvgIpc) is 3.95. The Morgan fingerprint density at radius 2 is 0.603 bits per heavy atom. The maximum atomic E-state index is 12.8. The topological polar surface area (TPSA) is 221 Å². The van der Waals surface area contributed by atoms with Crippen LogP contribution in [0.3, 0.4) is 0 Å². The van der Waals surface area contributed by atoms with Crippen LogP contribution < -0.4 is 9.47 Å². The largest absolute Gasteiger partial charge is 0.508 e. The second-order valence-electron chi connectivity index (χ2n) is 18.2. The zero-order chi connectivity index (χ0) is 46.9. The van der Waals surface area contributed by atoms with E-state index in [4.69, 9.17) is 9.47 Å². The van der Waals surface area contributed by atoms with E-state index < -0.39 is 47.7 Å². The first-order valence-electron chi connectivity index (χ1n) is 22.2. The third kappa shape index (κ3) is 6.20. The van der Waals surface area contributed by atoms with Gasteiger partial charge in [-0.2, -0.15) is 0 Å². The minimum Gasteiger partial charge on any atom is -0.508 e. The van der Waals surface area contributed by atoms with Gasteiger partial charge in [0.2, 0.25) is 0 Å². The third-order valence-electron chi connectivity index (χ3n) is 14.4. The van der Waals surface area contributed by atoms with Crippen molar-refractivity contribution >= 4 is 0 Å². The lowest BCUT2D eigenvalue weighted by atomic mass is 9.60. The molecular formula is C56H42O12. The molecule has 10 N–H and O–H groups in total. The van der Waals surface area contributed by atoms with Crippen LogP contribution in [0.2, 0.25) is 0 Å².